The summed E-state index contributed by atoms with van der Waals surface area (Å²) in [5, 5.41) is 3.52. The molecule has 0 aliphatic heterocycles. The number of benzene rings is 2. The lowest BCUT2D eigenvalue weighted by atomic mass is 10.1. The Kier molecular flexibility index (Phi) is 6.67. The predicted molar refractivity (Wildman–Crippen MR) is 111 cm³/mol. The molecule has 7 heteroatoms. The fourth-order valence-corrected chi connectivity index (χ4v) is 3.09. The highest BCUT2D eigenvalue weighted by Crippen LogP contribution is 2.39. The third kappa shape index (κ3) is 4.84. The van der Waals surface area contributed by atoms with Crippen LogP contribution in [0.2, 0.25) is 5.02 Å². The average Bonchev–Trinajstić information content (AvgIpc) is 3.21. The van der Waals surface area contributed by atoms with Crippen LogP contribution in [0.25, 0.3) is 11.3 Å². The van der Waals surface area contributed by atoms with Crippen molar-refractivity contribution in [3.8, 4) is 28.6 Å². The van der Waals surface area contributed by atoms with E-state index in [2.05, 4.69) is 5.32 Å². The minimum Gasteiger partial charge on any atom is -0.493 e. The summed E-state index contributed by atoms with van der Waals surface area (Å²) in [5.41, 5.74) is 1.62. The molecule has 2 aromatic carbocycles. The SMILES string of the molecule is COc1ccc(CC(=O)NCc2ccc(-c3ccc(Cl)cc3)o2)c(OC)c1OC. The van der Waals surface area contributed by atoms with E-state index in [4.69, 9.17) is 30.2 Å². The number of carbonyl (C=O) groups excluding carboxylic acids is 1. The van der Waals surface area contributed by atoms with E-state index in [1.54, 1.807) is 31.4 Å². The number of furan rings is 1. The molecule has 0 unspecified atom stereocenters. The van der Waals surface area contributed by atoms with Gasteiger partial charge in [0.15, 0.2) is 11.5 Å². The van der Waals surface area contributed by atoms with Crippen LogP contribution in [-0.4, -0.2) is 27.2 Å². The largest absolute Gasteiger partial charge is 0.493 e. The van der Waals surface area contributed by atoms with E-state index in [0.29, 0.717) is 39.4 Å². The molecule has 0 saturated carbocycles. The predicted octanol–water partition coefficient (Wildman–Crippen LogP) is 4.48. The Balaban J connectivity index is 1.64. The Morgan fingerprint density at radius 1 is 0.931 bits per heavy atom. The van der Waals surface area contributed by atoms with E-state index < -0.39 is 0 Å². The number of halogens is 1. The monoisotopic (exact) mass is 415 g/mol. The molecule has 152 valence electrons. The molecule has 6 nitrogen and oxygen atoms in total. The van der Waals surface area contributed by atoms with Crippen molar-refractivity contribution in [2.75, 3.05) is 21.3 Å². The molecular weight excluding hydrogens is 394 g/mol. The van der Waals surface area contributed by atoms with Gasteiger partial charge >= 0.3 is 0 Å². The molecule has 1 aromatic heterocycles. The van der Waals surface area contributed by atoms with Crippen LogP contribution in [0.3, 0.4) is 0 Å². The van der Waals surface area contributed by atoms with Gasteiger partial charge < -0.3 is 23.9 Å². The van der Waals surface area contributed by atoms with Crippen LogP contribution < -0.4 is 19.5 Å². The summed E-state index contributed by atoms with van der Waals surface area (Å²) in [7, 11) is 4.60. The molecule has 0 atom stereocenters. The molecule has 0 bridgehead atoms. The van der Waals surface area contributed by atoms with Crippen molar-refractivity contribution in [1.82, 2.24) is 5.32 Å². The number of ether oxygens (including phenoxy) is 3. The lowest BCUT2D eigenvalue weighted by Crippen LogP contribution is -2.24. The number of hydrogen-bond acceptors (Lipinski definition) is 5. The van der Waals surface area contributed by atoms with Gasteiger partial charge in [-0.2, -0.15) is 0 Å². The molecule has 3 aromatic rings. The second kappa shape index (κ2) is 9.39. The molecule has 0 spiro atoms. The average molecular weight is 416 g/mol. The first kappa shape index (κ1) is 20.6. The molecule has 0 fully saturated rings. The van der Waals surface area contributed by atoms with E-state index in [1.807, 2.05) is 24.3 Å². The molecular formula is C22H22ClNO5. The molecule has 1 amide bonds. The lowest BCUT2D eigenvalue weighted by Gasteiger charge is -2.15. The fraction of sp³-hybridized carbons (Fsp3) is 0.227. The number of amides is 1. The number of methoxy groups -OCH3 is 3. The van der Waals surface area contributed by atoms with Crippen LogP contribution in [0.4, 0.5) is 0 Å². The Bertz CT molecular complexity index is 981. The molecule has 1 heterocycles. The number of rotatable bonds is 8. The van der Waals surface area contributed by atoms with Gasteiger partial charge in [0, 0.05) is 16.1 Å². The first-order valence-corrected chi connectivity index (χ1v) is 9.32. The minimum atomic E-state index is -0.167. The van der Waals surface area contributed by atoms with E-state index in [-0.39, 0.29) is 18.9 Å². The van der Waals surface area contributed by atoms with Crippen LogP contribution >= 0.6 is 11.6 Å². The Labute approximate surface area is 174 Å². The van der Waals surface area contributed by atoms with Crippen molar-refractivity contribution in [1.29, 1.82) is 0 Å². The van der Waals surface area contributed by atoms with Gasteiger partial charge in [0.1, 0.15) is 11.5 Å². The lowest BCUT2D eigenvalue weighted by molar-refractivity contribution is -0.120. The van der Waals surface area contributed by atoms with E-state index in [0.717, 1.165) is 5.56 Å². The molecule has 0 aliphatic carbocycles. The Morgan fingerprint density at radius 2 is 1.66 bits per heavy atom. The Hall–Kier alpha value is -3.12. The molecule has 1 N–H and O–H groups in total. The summed E-state index contributed by atoms with van der Waals surface area (Å²) in [6, 6.07) is 14.6. The summed E-state index contributed by atoms with van der Waals surface area (Å²) >= 11 is 5.91. The highest BCUT2D eigenvalue weighted by molar-refractivity contribution is 6.30. The second-order valence-corrected chi connectivity index (χ2v) is 6.66. The zero-order chi connectivity index (χ0) is 20.8. The van der Waals surface area contributed by atoms with Crippen LogP contribution in [-0.2, 0) is 17.8 Å². The van der Waals surface area contributed by atoms with Gasteiger partial charge in [-0.3, -0.25) is 4.79 Å². The third-order valence-corrected chi connectivity index (χ3v) is 4.64. The van der Waals surface area contributed by atoms with Gasteiger partial charge in [-0.15, -0.1) is 0 Å². The summed E-state index contributed by atoms with van der Waals surface area (Å²) in [4.78, 5) is 12.4. The van der Waals surface area contributed by atoms with Crippen molar-refractivity contribution in [3.63, 3.8) is 0 Å². The summed E-state index contributed by atoms with van der Waals surface area (Å²) < 4.78 is 21.8. The van der Waals surface area contributed by atoms with Crippen LogP contribution in [0.1, 0.15) is 11.3 Å². The quantitative estimate of drug-likeness (QED) is 0.587. The maximum atomic E-state index is 12.4. The van der Waals surface area contributed by atoms with Crippen LogP contribution in [0, 0.1) is 0 Å². The smallest absolute Gasteiger partial charge is 0.224 e. The summed E-state index contributed by atoms with van der Waals surface area (Å²) in [6.45, 7) is 0.280. The Morgan fingerprint density at radius 3 is 2.31 bits per heavy atom. The van der Waals surface area contributed by atoms with E-state index in [1.165, 1.54) is 14.2 Å². The van der Waals surface area contributed by atoms with Gasteiger partial charge in [0.2, 0.25) is 11.7 Å². The molecule has 0 aliphatic rings. The van der Waals surface area contributed by atoms with Crippen LogP contribution in [0.15, 0.2) is 52.9 Å². The maximum absolute atomic E-state index is 12.4. The number of nitrogens with one attached hydrogen (secondary N) is 1. The van der Waals surface area contributed by atoms with Crippen LogP contribution in [0.5, 0.6) is 17.2 Å². The van der Waals surface area contributed by atoms with Gasteiger partial charge in [-0.1, -0.05) is 17.7 Å². The summed E-state index contributed by atoms with van der Waals surface area (Å²) in [5.74, 6) is 2.68. The normalized spacial score (nSPS) is 10.5. The molecule has 29 heavy (non-hydrogen) atoms. The first-order chi connectivity index (χ1) is 14.0. The van der Waals surface area contributed by atoms with Crippen molar-refractivity contribution >= 4 is 17.5 Å². The van der Waals surface area contributed by atoms with E-state index >= 15 is 0 Å². The summed E-state index contributed by atoms with van der Waals surface area (Å²) in [6.07, 6.45) is 0.133. The third-order valence-electron chi connectivity index (χ3n) is 4.39. The van der Waals surface area contributed by atoms with Crippen molar-refractivity contribution in [3.05, 3.63) is 64.9 Å². The molecule has 0 radical (unpaired) electrons. The number of hydrogen-bond donors (Lipinski definition) is 1. The molecule has 0 saturated heterocycles. The van der Waals surface area contributed by atoms with E-state index in [9.17, 15) is 4.79 Å². The zero-order valence-corrected chi connectivity index (χ0v) is 17.2. The second-order valence-electron chi connectivity index (χ2n) is 6.22. The molecule has 3 rings (SSSR count). The van der Waals surface area contributed by atoms with Gasteiger partial charge in [0.05, 0.1) is 34.3 Å². The van der Waals surface area contributed by atoms with Gasteiger partial charge in [0.25, 0.3) is 0 Å². The van der Waals surface area contributed by atoms with Gasteiger partial charge in [-0.05, 0) is 42.5 Å². The zero-order valence-electron chi connectivity index (χ0n) is 16.5. The first-order valence-electron chi connectivity index (χ1n) is 8.95. The highest BCUT2D eigenvalue weighted by atomic mass is 35.5. The standard InChI is InChI=1S/C22H22ClNO5/c1-26-19-10-6-15(21(27-2)22(19)28-3)12-20(25)24-13-17-9-11-18(29-17)14-4-7-16(23)8-5-14/h4-11H,12-13H2,1-3H3,(H,24,25). The topological polar surface area (TPSA) is 69.9 Å². The minimum absolute atomic E-state index is 0.133. The van der Waals surface area contributed by atoms with Crippen molar-refractivity contribution < 1.29 is 23.4 Å². The van der Waals surface area contributed by atoms with Gasteiger partial charge in [-0.25, -0.2) is 0 Å². The fourth-order valence-electron chi connectivity index (χ4n) is 2.97. The highest BCUT2D eigenvalue weighted by Gasteiger charge is 2.18. The number of carbonyl (C=O) groups is 1. The van der Waals surface area contributed by atoms with Crippen molar-refractivity contribution in [2.45, 2.75) is 13.0 Å². The van der Waals surface area contributed by atoms with Crippen molar-refractivity contribution in [2.24, 2.45) is 0 Å². The maximum Gasteiger partial charge on any atom is 0.224 e.